The van der Waals surface area contributed by atoms with Crippen LogP contribution in [0.2, 0.25) is 5.02 Å². The zero-order chi connectivity index (χ0) is 22.8. The fourth-order valence-corrected chi connectivity index (χ4v) is 5.48. The molecule has 1 heterocycles. The van der Waals surface area contributed by atoms with Crippen LogP contribution in [0.5, 0.6) is 0 Å². The second-order valence-corrected chi connectivity index (χ2v) is 10.8. The van der Waals surface area contributed by atoms with Crippen molar-refractivity contribution in [2.24, 2.45) is 5.92 Å². The van der Waals surface area contributed by atoms with E-state index >= 15 is 0 Å². The summed E-state index contributed by atoms with van der Waals surface area (Å²) in [5, 5.41) is 2.94. The second kappa shape index (κ2) is 9.14. The summed E-state index contributed by atoms with van der Waals surface area (Å²) in [6, 6.07) is 10.6. The molecule has 1 atom stereocenters. The van der Waals surface area contributed by atoms with E-state index < -0.39 is 15.6 Å². The van der Waals surface area contributed by atoms with Gasteiger partial charge in [0.1, 0.15) is 10.7 Å². The highest BCUT2D eigenvalue weighted by Gasteiger charge is 2.26. The maximum absolute atomic E-state index is 13.1. The van der Waals surface area contributed by atoms with Gasteiger partial charge in [-0.2, -0.15) is 0 Å². The molecule has 1 saturated heterocycles. The number of nitrogens with zero attached hydrogens (tertiary/aromatic N) is 1. The first-order valence-corrected chi connectivity index (χ1v) is 11.9. The Balaban J connectivity index is 1.63. The molecule has 2 aromatic carbocycles. The molecule has 0 spiro atoms. The largest absolute Gasteiger partial charge is 0.371 e. The van der Waals surface area contributed by atoms with Crippen LogP contribution in [0.3, 0.4) is 0 Å². The van der Waals surface area contributed by atoms with E-state index in [0.29, 0.717) is 6.54 Å². The smallest absolute Gasteiger partial charge is 0.251 e. The van der Waals surface area contributed by atoms with Gasteiger partial charge >= 0.3 is 0 Å². The number of carbonyl (C=O) groups is 1. The Morgan fingerprint density at radius 2 is 1.87 bits per heavy atom. The van der Waals surface area contributed by atoms with Crippen LogP contribution in [-0.2, 0) is 10.0 Å². The van der Waals surface area contributed by atoms with E-state index in [9.17, 15) is 17.6 Å². The van der Waals surface area contributed by atoms with Crippen molar-refractivity contribution in [3.63, 3.8) is 0 Å². The Hall–Kier alpha value is -2.16. The first-order chi connectivity index (χ1) is 14.4. The minimum atomic E-state index is -3.87. The molecule has 168 valence electrons. The molecule has 1 unspecified atom stereocenters. The first-order valence-electron chi connectivity index (χ1n) is 10.1. The predicted octanol–water partition coefficient (Wildman–Crippen LogP) is 3.81. The highest BCUT2D eigenvalue weighted by molar-refractivity contribution is 7.89. The van der Waals surface area contributed by atoms with Crippen molar-refractivity contribution < 1.29 is 17.6 Å². The van der Waals surface area contributed by atoms with Crippen molar-refractivity contribution >= 4 is 33.2 Å². The fraction of sp³-hybridized carbons (Fsp3) is 0.409. The number of carbonyl (C=O) groups excluding carboxylic acids is 1. The van der Waals surface area contributed by atoms with Crippen molar-refractivity contribution in [1.82, 2.24) is 10.0 Å². The molecule has 2 N–H and O–H groups in total. The SMILES string of the molecule is CC(C)(C)NS(=O)(=O)c1cc(C(=O)NCC2CCN(c3ccc(F)cc3)C2)ccc1Cl. The zero-order valence-corrected chi connectivity index (χ0v) is 19.4. The highest BCUT2D eigenvalue weighted by atomic mass is 35.5. The molecule has 0 saturated carbocycles. The summed E-state index contributed by atoms with van der Waals surface area (Å²) >= 11 is 6.10. The van der Waals surface area contributed by atoms with Crippen LogP contribution in [0.15, 0.2) is 47.4 Å². The van der Waals surface area contributed by atoms with Gasteiger partial charge in [-0.1, -0.05) is 11.6 Å². The van der Waals surface area contributed by atoms with Crippen LogP contribution in [0.25, 0.3) is 0 Å². The lowest BCUT2D eigenvalue weighted by molar-refractivity contribution is 0.0948. The molecule has 1 aliphatic rings. The summed E-state index contributed by atoms with van der Waals surface area (Å²) in [4.78, 5) is 14.7. The summed E-state index contributed by atoms with van der Waals surface area (Å²) in [7, 11) is -3.87. The lowest BCUT2D eigenvalue weighted by Crippen LogP contribution is -2.40. The van der Waals surface area contributed by atoms with Gasteiger partial charge in [0.05, 0.1) is 5.02 Å². The molecule has 3 rings (SSSR count). The number of amides is 1. The number of sulfonamides is 1. The first kappa shape index (κ1) is 23.5. The fourth-order valence-electron chi connectivity index (χ4n) is 3.53. The third kappa shape index (κ3) is 6.18. The number of benzene rings is 2. The van der Waals surface area contributed by atoms with Crippen LogP contribution in [-0.4, -0.2) is 39.5 Å². The van der Waals surface area contributed by atoms with Crippen molar-refractivity contribution in [3.8, 4) is 0 Å². The number of hydrogen-bond acceptors (Lipinski definition) is 4. The molecule has 1 aliphatic heterocycles. The summed E-state index contributed by atoms with van der Waals surface area (Å²) in [6.45, 7) is 7.22. The van der Waals surface area contributed by atoms with E-state index in [-0.39, 0.29) is 33.1 Å². The zero-order valence-electron chi connectivity index (χ0n) is 17.8. The lowest BCUT2D eigenvalue weighted by Gasteiger charge is -2.21. The average molecular weight is 468 g/mol. The van der Waals surface area contributed by atoms with Crippen molar-refractivity contribution in [3.05, 3.63) is 58.9 Å². The van der Waals surface area contributed by atoms with Gasteiger partial charge < -0.3 is 10.2 Å². The van der Waals surface area contributed by atoms with Crippen LogP contribution in [0.1, 0.15) is 37.6 Å². The molecule has 6 nitrogen and oxygen atoms in total. The molecule has 31 heavy (non-hydrogen) atoms. The van der Waals surface area contributed by atoms with Gasteiger partial charge in [0.15, 0.2) is 0 Å². The monoisotopic (exact) mass is 467 g/mol. The number of anilines is 1. The minimum absolute atomic E-state index is 0.0547. The third-order valence-electron chi connectivity index (χ3n) is 4.95. The van der Waals surface area contributed by atoms with E-state index in [1.807, 2.05) is 0 Å². The summed E-state index contributed by atoms with van der Waals surface area (Å²) in [6.07, 6.45) is 0.896. The van der Waals surface area contributed by atoms with Gasteiger partial charge in [0.25, 0.3) is 5.91 Å². The van der Waals surface area contributed by atoms with E-state index in [1.54, 1.807) is 32.9 Å². The minimum Gasteiger partial charge on any atom is -0.371 e. The van der Waals surface area contributed by atoms with E-state index in [2.05, 4.69) is 14.9 Å². The standard InChI is InChI=1S/C22H27ClFN3O3S/c1-22(2,3)26-31(29,30)20-12-16(4-9-19(20)23)21(28)25-13-15-10-11-27(14-15)18-7-5-17(24)6-8-18/h4-9,12,15,26H,10-11,13-14H2,1-3H3,(H,25,28). The highest BCUT2D eigenvalue weighted by Crippen LogP contribution is 2.25. The number of rotatable bonds is 6. The van der Waals surface area contributed by atoms with Gasteiger partial charge in [-0.05, 0) is 75.6 Å². The van der Waals surface area contributed by atoms with E-state index in [0.717, 1.165) is 25.2 Å². The summed E-state index contributed by atoms with van der Waals surface area (Å²) in [5.74, 6) is -0.384. The molecular formula is C22H27ClFN3O3S. The van der Waals surface area contributed by atoms with Crippen LogP contribution in [0.4, 0.5) is 10.1 Å². The van der Waals surface area contributed by atoms with Crippen LogP contribution in [0, 0.1) is 11.7 Å². The van der Waals surface area contributed by atoms with Crippen LogP contribution >= 0.6 is 11.6 Å². The predicted molar refractivity (Wildman–Crippen MR) is 121 cm³/mol. The van der Waals surface area contributed by atoms with Crippen molar-refractivity contribution in [2.45, 2.75) is 37.6 Å². The topological polar surface area (TPSA) is 78.5 Å². The lowest BCUT2D eigenvalue weighted by atomic mass is 10.1. The normalized spacial score (nSPS) is 17.1. The Morgan fingerprint density at radius 3 is 2.52 bits per heavy atom. The molecule has 0 aliphatic carbocycles. The molecule has 0 bridgehead atoms. The number of hydrogen-bond donors (Lipinski definition) is 2. The van der Waals surface area contributed by atoms with Gasteiger partial charge in [-0.3, -0.25) is 4.79 Å². The Kier molecular flexibility index (Phi) is 6.93. The Labute approximate surface area is 187 Å². The maximum Gasteiger partial charge on any atom is 0.251 e. The van der Waals surface area contributed by atoms with Gasteiger partial charge in [-0.15, -0.1) is 0 Å². The summed E-state index contributed by atoms with van der Waals surface area (Å²) < 4.78 is 41.0. The molecule has 9 heteroatoms. The summed E-state index contributed by atoms with van der Waals surface area (Å²) in [5.41, 5.74) is 0.500. The van der Waals surface area contributed by atoms with Crippen LogP contribution < -0.4 is 14.9 Å². The van der Waals surface area contributed by atoms with E-state index in [1.165, 1.54) is 30.3 Å². The van der Waals surface area contributed by atoms with Gasteiger partial charge in [-0.25, -0.2) is 17.5 Å². The molecule has 0 radical (unpaired) electrons. The number of nitrogens with one attached hydrogen (secondary N) is 2. The maximum atomic E-state index is 13.1. The molecular weight excluding hydrogens is 441 g/mol. The molecule has 2 aromatic rings. The van der Waals surface area contributed by atoms with Gasteiger partial charge in [0, 0.05) is 36.4 Å². The number of halogens is 2. The second-order valence-electron chi connectivity index (χ2n) is 8.79. The Morgan fingerprint density at radius 1 is 1.19 bits per heavy atom. The quantitative estimate of drug-likeness (QED) is 0.677. The van der Waals surface area contributed by atoms with E-state index in [4.69, 9.17) is 11.6 Å². The van der Waals surface area contributed by atoms with Crippen molar-refractivity contribution in [2.75, 3.05) is 24.5 Å². The third-order valence-corrected chi connectivity index (χ3v) is 7.19. The molecule has 1 amide bonds. The van der Waals surface area contributed by atoms with Crippen molar-refractivity contribution in [1.29, 1.82) is 0 Å². The molecule has 0 aromatic heterocycles. The molecule has 1 fully saturated rings. The average Bonchev–Trinajstić information content (AvgIpc) is 3.14. The van der Waals surface area contributed by atoms with Gasteiger partial charge in [0.2, 0.25) is 10.0 Å². The Bertz CT molecular complexity index is 1050.